The molecular formula is C13H19NO2. The Labute approximate surface area is 96.8 Å². The summed E-state index contributed by atoms with van der Waals surface area (Å²) in [5, 5.41) is 2.89. The number of benzene rings is 1. The Hall–Kier alpha value is -1.51. The largest absolute Gasteiger partial charge is 0.491 e. The highest BCUT2D eigenvalue weighted by Gasteiger charge is 2.10. The van der Waals surface area contributed by atoms with Crippen LogP contribution >= 0.6 is 0 Å². The fourth-order valence-electron chi connectivity index (χ4n) is 1.19. The van der Waals surface area contributed by atoms with Crippen LogP contribution < -0.4 is 10.1 Å². The van der Waals surface area contributed by atoms with Crippen molar-refractivity contribution in [1.82, 2.24) is 5.32 Å². The molecule has 3 nitrogen and oxygen atoms in total. The van der Waals surface area contributed by atoms with E-state index in [4.69, 9.17) is 4.74 Å². The van der Waals surface area contributed by atoms with Crippen molar-refractivity contribution in [1.29, 1.82) is 0 Å². The van der Waals surface area contributed by atoms with Gasteiger partial charge in [-0.05, 0) is 19.1 Å². The summed E-state index contributed by atoms with van der Waals surface area (Å²) in [4.78, 5) is 11.4. The number of rotatable bonds is 5. The number of para-hydroxylation sites is 1. The Bertz CT molecular complexity index is 322. The first-order valence-corrected chi connectivity index (χ1v) is 5.58. The predicted molar refractivity (Wildman–Crippen MR) is 64.4 cm³/mol. The molecule has 1 unspecified atom stereocenters. The average molecular weight is 221 g/mol. The SMILES string of the molecule is CC(COc1ccccc1)NC(=O)C(C)C. The minimum Gasteiger partial charge on any atom is -0.491 e. The average Bonchev–Trinajstić information content (AvgIpc) is 2.27. The van der Waals surface area contributed by atoms with Crippen molar-refractivity contribution >= 4 is 5.91 Å². The van der Waals surface area contributed by atoms with Gasteiger partial charge in [-0.2, -0.15) is 0 Å². The van der Waals surface area contributed by atoms with Crippen molar-refractivity contribution in [2.75, 3.05) is 6.61 Å². The molecule has 0 aliphatic carbocycles. The zero-order valence-electron chi connectivity index (χ0n) is 10.1. The highest BCUT2D eigenvalue weighted by molar-refractivity contribution is 5.78. The number of ether oxygens (including phenoxy) is 1. The summed E-state index contributed by atoms with van der Waals surface area (Å²) in [6.07, 6.45) is 0. The standard InChI is InChI=1S/C13H19NO2/c1-10(2)13(15)14-11(3)9-16-12-7-5-4-6-8-12/h4-8,10-11H,9H2,1-3H3,(H,14,15). The second-order valence-electron chi connectivity index (χ2n) is 4.19. The van der Waals surface area contributed by atoms with Gasteiger partial charge in [0.25, 0.3) is 0 Å². The van der Waals surface area contributed by atoms with E-state index in [1.165, 1.54) is 0 Å². The van der Waals surface area contributed by atoms with Crippen molar-refractivity contribution < 1.29 is 9.53 Å². The molecule has 0 saturated carbocycles. The molecule has 0 bridgehead atoms. The van der Waals surface area contributed by atoms with Gasteiger partial charge < -0.3 is 10.1 Å². The fourth-order valence-corrected chi connectivity index (χ4v) is 1.19. The molecule has 88 valence electrons. The summed E-state index contributed by atoms with van der Waals surface area (Å²) in [6.45, 7) is 6.17. The maximum Gasteiger partial charge on any atom is 0.222 e. The molecule has 0 heterocycles. The lowest BCUT2D eigenvalue weighted by Gasteiger charge is -2.16. The van der Waals surface area contributed by atoms with Crippen LogP contribution in [0, 0.1) is 5.92 Å². The lowest BCUT2D eigenvalue weighted by atomic mass is 10.2. The Morgan fingerprint density at radius 2 is 1.88 bits per heavy atom. The van der Waals surface area contributed by atoms with Gasteiger partial charge in [0.05, 0.1) is 6.04 Å². The lowest BCUT2D eigenvalue weighted by molar-refractivity contribution is -0.124. The highest BCUT2D eigenvalue weighted by atomic mass is 16.5. The van der Waals surface area contributed by atoms with Gasteiger partial charge in [0.15, 0.2) is 0 Å². The van der Waals surface area contributed by atoms with Crippen LogP contribution in [0.1, 0.15) is 20.8 Å². The van der Waals surface area contributed by atoms with Crippen LogP contribution in [0.15, 0.2) is 30.3 Å². The van der Waals surface area contributed by atoms with Gasteiger partial charge in [-0.1, -0.05) is 32.0 Å². The number of hydrogen-bond acceptors (Lipinski definition) is 2. The minimum atomic E-state index is 0.0131. The van der Waals surface area contributed by atoms with E-state index in [-0.39, 0.29) is 17.9 Å². The Balaban J connectivity index is 2.30. The second-order valence-corrected chi connectivity index (χ2v) is 4.19. The summed E-state index contributed by atoms with van der Waals surface area (Å²) in [6, 6.07) is 9.61. The third-order valence-corrected chi connectivity index (χ3v) is 2.16. The van der Waals surface area contributed by atoms with E-state index < -0.39 is 0 Å². The van der Waals surface area contributed by atoms with Gasteiger partial charge in [0, 0.05) is 5.92 Å². The predicted octanol–water partition coefficient (Wildman–Crippen LogP) is 2.23. The number of nitrogens with one attached hydrogen (secondary N) is 1. The molecule has 0 fully saturated rings. The van der Waals surface area contributed by atoms with Gasteiger partial charge in [0.1, 0.15) is 12.4 Å². The van der Waals surface area contributed by atoms with Gasteiger partial charge in [-0.25, -0.2) is 0 Å². The van der Waals surface area contributed by atoms with Gasteiger partial charge in [-0.15, -0.1) is 0 Å². The third-order valence-electron chi connectivity index (χ3n) is 2.16. The van der Waals surface area contributed by atoms with Crippen LogP contribution in [0.2, 0.25) is 0 Å². The molecule has 1 rings (SSSR count). The van der Waals surface area contributed by atoms with Crippen LogP contribution in [0.4, 0.5) is 0 Å². The van der Waals surface area contributed by atoms with Crippen LogP contribution in [0.25, 0.3) is 0 Å². The summed E-state index contributed by atoms with van der Waals surface area (Å²) < 4.78 is 5.53. The molecule has 1 aromatic rings. The van der Waals surface area contributed by atoms with Crippen LogP contribution in [-0.2, 0) is 4.79 Å². The molecule has 1 atom stereocenters. The zero-order valence-corrected chi connectivity index (χ0v) is 10.1. The molecule has 1 N–H and O–H groups in total. The molecule has 1 amide bonds. The van der Waals surface area contributed by atoms with E-state index in [0.29, 0.717) is 6.61 Å². The van der Waals surface area contributed by atoms with Crippen molar-refractivity contribution in [3.8, 4) is 5.75 Å². The molecule has 0 aliphatic rings. The van der Waals surface area contributed by atoms with Gasteiger partial charge in [0.2, 0.25) is 5.91 Å². The second kappa shape index (κ2) is 6.16. The topological polar surface area (TPSA) is 38.3 Å². The first-order valence-electron chi connectivity index (χ1n) is 5.58. The van der Waals surface area contributed by atoms with E-state index in [1.807, 2.05) is 51.1 Å². The van der Waals surface area contributed by atoms with Crippen LogP contribution in [-0.4, -0.2) is 18.6 Å². The summed E-state index contributed by atoms with van der Waals surface area (Å²) >= 11 is 0. The van der Waals surface area contributed by atoms with E-state index in [2.05, 4.69) is 5.32 Å². The molecule has 0 saturated heterocycles. The Morgan fingerprint density at radius 3 is 2.44 bits per heavy atom. The molecule has 16 heavy (non-hydrogen) atoms. The summed E-state index contributed by atoms with van der Waals surface area (Å²) in [5.41, 5.74) is 0. The molecular weight excluding hydrogens is 202 g/mol. The zero-order chi connectivity index (χ0) is 12.0. The van der Waals surface area contributed by atoms with Gasteiger partial charge in [-0.3, -0.25) is 4.79 Å². The van der Waals surface area contributed by atoms with E-state index in [1.54, 1.807) is 0 Å². The maximum atomic E-state index is 11.4. The number of amides is 1. The fraction of sp³-hybridized carbons (Fsp3) is 0.462. The molecule has 3 heteroatoms. The van der Waals surface area contributed by atoms with Crippen LogP contribution in [0.5, 0.6) is 5.75 Å². The van der Waals surface area contributed by atoms with E-state index >= 15 is 0 Å². The van der Waals surface area contributed by atoms with E-state index in [9.17, 15) is 4.79 Å². The van der Waals surface area contributed by atoms with Gasteiger partial charge >= 0.3 is 0 Å². The third kappa shape index (κ3) is 4.34. The van der Waals surface area contributed by atoms with Crippen molar-refractivity contribution in [2.45, 2.75) is 26.8 Å². The number of hydrogen-bond donors (Lipinski definition) is 1. The Morgan fingerprint density at radius 1 is 1.25 bits per heavy atom. The summed E-state index contributed by atoms with van der Waals surface area (Å²) in [7, 11) is 0. The Kier molecular flexibility index (Phi) is 4.83. The molecule has 0 aromatic heterocycles. The van der Waals surface area contributed by atoms with Crippen molar-refractivity contribution in [3.05, 3.63) is 30.3 Å². The summed E-state index contributed by atoms with van der Waals surface area (Å²) in [5.74, 6) is 0.900. The molecule has 0 spiro atoms. The molecule has 1 aromatic carbocycles. The number of carbonyl (C=O) groups excluding carboxylic acids is 1. The monoisotopic (exact) mass is 221 g/mol. The van der Waals surface area contributed by atoms with Crippen LogP contribution in [0.3, 0.4) is 0 Å². The normalized spacial score (nSPS) is 12.2. The quantitative estimate of drug-likeness (QED) is 0.828. The maximum absolute atomic E-state index is 11.4. The number of carbonyl (C=O) groups is 1. The van der Waals surface area contributed by atoms with Crippen molar-refractivity contribution in [3.63, 3.8) is 0 Å². The molecule has 0 radical (unpaired) electrons. The lowest BCUT2D eigenvalue weighted by Crippen LogP contribution is -2.39. The first-order chi connectivity index (χ1) is 7.59. The molecule has 0 aliphatic heterocycles. The van der Waals surface area contributed by atoms with E-state index in [0.717, 1.165) is 5.75 Å². The first kappa shape index (κ1) is 12.6. The smallest absolute Gasteiger partial charge is 0.222 e. The highest BCUT2D eigenvalue weighted by Crippen LogP contribution is 2.08. The minimum absolute atomic E-state index is 0.0131. The van der Waals surface area contributed by atoms with Crippen molar-refractivity contribution in [2.24, 2.45) is 5.92 Å².